The third-order valence-corrected chi connectivity index (χ3v) is 5.08. The molecule has 15 heteroatoms. The van der Waals surface area contributed by atoms with E-state index in [1.165, 1.54) is 17.4 Å². The Balaban J connectivity index is 0.000000479. The molecule has 0 aromatic carbocycles. The molecule has 0 aliphatic carbocycles. The van der Waals surface area contributed by atoms with Crippen molar-refractivity contribution in [2.75, 3.05) is 19.0 Å². The SMILES string of the molecule is CN(C)c1ncc(CNC(=O)c2cc3sccc3n2CC(F)(F)F)n1C.O=C(O)C(F)(F)F. The molecule has 0 spiro atoms. The first kappa shape index (κ1) is 26.0. The highest BCUT2D eigenvalue weighted by Gasteiger charge is 2.38. The van der Waals surface area contributed by atoms with Crippen molar-refractivity contribution in [2.45, 2.75) is 25.4 Å². The maximum atomic E-state index is 12.9. The smallest absolute Gasteiger partial charge is 0.475 e. The van der Waals surface area contributed by atoms with E-state index in [9.17, 15) is 31.1 Å². The fourth-order valence-corrected chi connectivity index (χ4v) is 3.61. The Morgan fingerprint density at radius 2 is 1.82 bits per heavy atom. The number of imidazole rings is 1. The van der Waals surface area contributed by atoms with E-state index < -0.39 is 30.8 Å². The van der Waals surface area contributed by atoms with E-state index in [1.54, 1.807) is 17.6 Å². The molecule has 0 fully saturated rings. The van der Waals surface area contributed by atoms with Gasteiger partial charge in [0, 0.05) is 21.1 Å². The number of halogens is 6. The average molecular weight is 499 g/mol. The second-order valence-electron chi connectivity index (χ2n) is 6.89. The molecule has 2 N–H and O–H groups in total. The van der Waals surface area contributed by atoms with Gasteiger partial charge >= 0.3 is 18.3 Å². The lowest BCUT2D eigenvalue weighted by Crippen LogP contribution is -2.28. The summed E-state index contributed by atoms with van der Waals surface area (Å²) in [6, 6.07) is 3.09. The van der Waals surface area contributed by atoms with E-state index in [2.05, 4.69) is 10.3 Å². The fourth-order valence-electron chi connectivity index (χ4n) is 2.79. The molecule has 3 heterocycles. The van der Waals surface area contributed by atoms with Gasteiger partial charge in [-0.2, -0.15) is 26.3 Å². The van der Waals surface area contributed by atoms with Gasteiger partial charge in [-0.15, -0.1) is 11.3 Å². The van der Waals surface area contributed by atoms with Crippen LogP contribution in [0.1, 0.15) is 16.2 Å². The highest BCUT2D eigenvalue weighted by atomic mass is 32.1. The minimum Gasteiger partial charge on any atom is -0.475 e. The average Bonchev–Trinajstić information content (AvgIpc) is 3.34. The van der Waals surface area contributed by atoms with Crippen molar-refractivity contribution in [3.8, 4) is 0 Å². The van der Waals surface area contributed by atoms with Gasteiger partial charge in [-0.1, -0.05) is 0 Å². The van der Waals surface area contributed by atoms with Crippen LogP contribution in [0.25, 0.3) is 10.2 Å². The third kappa shape index (κ3) is 6.63. The molecule has 8 nitrogen and oxygen atoms in total. The summed E-state index contributed by atoms with van der Waals surface area (Å²) in [7, 11) is 5.51. The number of fused-ring (bicyclic) bond motifs is 1. The van der Waals surface area contributed by atoms with E-state index in [4.69, 9.17) is 9.90 Å². The first-order chi connectivity index (χ1) is 15.1. The molecule has 0 aliphatic heterocycles. The quantitative estimate of drug-likeness (QED) is 0.524. The molecule has 0 bridgehead atoms. The number of nitrogens with zero attached hydrogens (tertiary/aromatic N) is 4. The number of thiophene rings is 1. The van der Waals surface area contributed by atoms with Crippen LogP contribution in [0, 0.1) is 0 Å². The van der Waals surface area contributed by atoms with Crippen molar-refractivity contribution in [1.29, 1.82) is 0 Å². The second kappa shape index (κ2) is 9.72. The van der Waals surface area contributed by atoms with E-state index in [0.717, 1.165) is 16.2 Å². The van der Waals surface area contributed by atoms with Gasteiger partial charge in [0.25, 0.3) is 5.91 Å². The molecule has 3 rings (SSSR count). The summed E-state index contributed by atoms with van der Waals surface area (Å²) in [6.07, 6.45) is -7.87. The Morgan fingerprint density at radius 3 is 2.30 bits per heavy atom. The standard InChI is InChI=1S/C16H18F3N5OS.C2HF3O2/c1-22(2)15-21-8-10(23(15)3)7-20-14(25)12-6-13-11(4-5-26-13)24(12)9-16(17,18)19;3-2(4,5)1(6)7/h4-6,8H,7,9H2,1-3H3,(H,20,25);(H,6,7). The third-order valence-electron chi connectivity index (χ3n) is 4.23. The number of carboxylic acid groups (broad SMARTS) is 1. The van der Waals surface area contributed by atoms with Gasteiger partial charge in [-0.3, -0.25) is 4.79 Å². The largest absolute Gasteiger partial charge is 0.490 e. The molecule has 1 amide bonds. The molecule has 0 aliphatic rings. The molecule has 3 aromatic heterocycles. The zero-order valence-corrected chi connectivity index (χ0v) is 18.3. The lowest BCUT2D eigenvalue weighted by molar-refractivity contribution is -0.192. The predicted octanol–water partition coefficient (Wildman–Crippen LogP) is 3.63. The lowest BCUT2D eigenvalue weighted by atomic mass is 10.3. The Bertz CT molecular complexity index is 1130. The van der Waals surface area contributed by atoms with Crippen LogP contribution < -0.4 is 10.2 Å². The number of carbonyl (C=O) groups excluding carboxylic acids is 1. The number of carboxylic acids is 1. The minimum absolute atomic E-state index is 0.000763. The van der Waals surface area contributed by atoms with Crippen LogP contribution in [0.5, 0.6) is 0 Å². The molecule has 0 radical (unpaired) electrons. The Hall–Kier alpha value is -3.23. The number of rotatable bonds is 5. The first-order valence-electron chi connectivity index (χ1n) is 9.01. The molecule has 0 saturated heterocycles. The normalized spacial score (nSPS) is 11.8. The highest BCUT2D eigenvalue weighted by Crippen LogP contribution is 2.29. The Labute approximate surface area is 187 Å². The van der Waals surface area contributed by atoms with Crippen molar-refractivity contribution >= 4 is 39.4 Å². The predicted molar refractivity (Wildman–Crippen MR) is 108 cm³/mol. The summed E-state index contributed by atoms with van der Waals surface area (Å²) in [5.74, 6) is -2.59. The second-order valence-corrected chi connectivity index (χ2v) is 7.84. The summed E-state index contributed by atoms with van der Waals surface area (Å²) in [4.78, 5) is 27.5. The summed E-state index contributed by atoms with van der Waals surface area (Å²) in [5, 5.41) is 11.5. The molecule has 3 aromatic rings. The lowest BCUT2D eigenvalue weighted by Gasteiger charge is -2.14. The molecule has 0 unspecified atom stereocenters. The number of carbonyl (C=O) groups is 2. The maximum Gasteiger partial charge on any atom is 0.490 e. The summed E-state index contributed by atoms with van der Waals surface area (Å²) in [6.45, 7) is -1.03. The van der Waals surface area contributed by atoms with Gasteiger partial charge in [0.15, 0.2) is 0 Å². The van der Waals surface area contributed by atoms with Crippen LogP contribution in [0.3, 0.4) is 0 Å². The van der Waals surface area contributed by atoms with Crippen molar-refractivity contribution in [1.82, 2.24) is 19.4 Å². The molecule has 0 atom stereocenters. The summed E-state index contributed by atoms with van der Waals surface area (Å²) >= 11 is 1.30. The van der Waals surface area contributed by atoms with Gasteiger partial charge in [-0.25, -0.2) is 9.78 Å². The van der Waals surface area contributed by atoms with Crippen LogP contribution >= 0.6 is 11.3 Å². The number of hydrogen-bond donors (Lipinski definition) is 2. The monoisotopic (exact) mass is 499 g/mol. The van der Waals surface area contributed by atoms with E-state index in [0.29, 0.717) is 10.2 Å². The topological polar surface area (TPSA) is 92.4 Å². The van der Waals surface area contributed by atoms with Gasteiger partial charge in [0.1, 0.15) is 12.2 Å². The first-order valence-corrected chi connectivity index (χ1v) is 9.89. The molecular weight excluding hydrogens is 480 g/mol. The molecule has 33 heavy (non-hydrogen) atoms. The number of alkyl halides is 6. The van der Waals surface area contributed by atoms with E-state index >= 15 is 0 Å². The maximum absolute atomic E-state index is 12.9. The van der Waals surface area contributed by atoms with Crippen LogP contribution in [0.15, 0.2) is 23.7 Å². The van der Waals surface area contributed by atoms with Crippen molar-refractivity contribution < 1.29 is 41.0 Å². The Kier molecular flexibility index (Phi) is 7.67. The number of aliphatic carboxylic acids is 1. The summed E-state index contributed by atoms with van der Waals surface area (Å²) < 4.78 is 73.9. The van der Waals surface area contributed by atoms with Gasteiger partial charge in [-0.05, 0) is 17.5 Å². The zero-order valence-electron chi connectivity index (χ0n) is 17.5. The number of amides is 1. The minimum atomic E-state index is -5.08. The zero-order chi connectivity index (χ0) is 25.1. The van der Waals surface area contributed by atoms with Gasteiger partial charge in [0.2, 0.25) is 5.95 Å². The number of hydrogen-bond acceptors (Lipinski definition) is 5. The number of nitrogens with one attached hydrogen (secondary N) is 1. The van der Waals surface area contributed by atoms with Gasteiger partial charge < -0.3 is 24.5 Å². The molecule has 0 saturated carbocycles. The van der Waals surface area contributed by atoms with Crippen LogP contribution in [-0.2, 0) is 24.9 Å². The fraction of sp³-hybridized carbons (Fsp3) is 0.389. The van der Waals surface area contributed by atoms with E-state index in [1.807, 2.05) is 30.6 Å². The number of aromatic nitrogens is 3. The van der Waals surface area contributed by atoms with Crippen LogP contribution in [0.2, 0.25) is 0 Å². The van der Waals surface area contributed by atoms with Crippen LogP contribution in [-0.4, -0.2) is 57.5 Å². The molecule has 182 valence electrons. The van der Waals surface area contributed by atoms with Crippen LogP contribution in [0.4, 0.5) is 32.3 Å². The van der Waals surface area contributed by atoms with Crippen molar-refractivity contribution in [2.24, 2.45) is 7.05 Å². The van der Waals surface area contributed by atoms with Gasteiger partial charge in [0.05, 0.1) is 28.7 Å². The van der Waals surface area contributed by atoms with Crippen molar-refractivity contribution in [3.63, 3.8) is 0 Å². The molecular formula is C18H19F6N5O3S. The Morgan fingerprint density at radius 1 is 1.21 bits per heavy atom. The highest BCUT2D eigenvalue weighted by molar-refractivity contribution is 7.17. The number of anilines is 1. The summed E-state index contributed by atoms with van der Waals surface area (Å²) in [5.41, 5.74) is 1.16. The van der Waals surface area contributed by atoms with E-state index in [-0.39, 0.29) is 12.2 Å². The van der Waals surface area contributed by atoms with Crippen molar-refractivity contribution in [3.05, 3.63) is 35.1 Å².